The van der Waals surface area contributed by atoms with Gasteiger partial charge in [-0.15, -0.1) is 0 Å². The van der Waals surface area contributed by atoms with Crippen LogP contribution >= 0.6 is 0 Å². The zero-order valence-corrected chi connectivity index (χ0v) is 11.8. The first-order chi connectivity index (χ1) is 10.2. The predicted molar refractivity (Wildman–Crippen MR) is 81.2 cm³/mol. The fourth-order valence-corrected chi connectivity index (χ4v) is 2.69. The Balaban J connectivity index is 1.71. The Morgan fingerprint density at radius 3 is 2.71 bits per heavy atom. The second-order valence-electron chi connectivity index (χ2n) is 5.19. The Labute approximate surface area is 124 Å². The molecule has 2 N–H and O–H groups in total. The van der Waals surface area contributed by atoms with Crippen LogP contribution in [0.4, 0.5) is 0 Å². The lowest BCUT2D eigenvalue weighted by Crippen LogP contribution is -2.32. The summed E-state index contributed by atoms with van der Waals surface area (Å²) in [5.41, 5.74) is 3.00. The molecular formula is C16H17BO4. The summed E-state index contributed by atoms with van der Waals surface area (Å²) in [7, 11) is -0.0434. The molecule has 108 valence electrons. The molecule has 0 saturated carbocycles. The molecule has 0 bridgehead atoms. The third-order valence-corrected chi connectivity index (χ3v) is 3.90. The maximum atomic E-state index is 9.44. The minimum Gasteiger partial charge on any atom is -0.497 e. The molecule has 0 radical (unpaired) electrons. The molecule has 21 heavy (non-hydrogen) atoms. The Morgan fingerprint density at radius 2 is 2.00 bits per heavy atom. The van der Waals surface area contributed by atoms with Gasteiger partial charge < -0.3 is 19.5 Å². The van der Waals surface area contributed by atoms with Crippen LogP contribution in [0.3, 0.4) is 0 Å². The Hall–Kier alpha value is -1.98. The van der Waals surface area contributed by atoms with Crippen LogP contribution in [0.15, 0.2) is 42.5 Å². The maximum Gasteiger partial charge on any atom is 0.492 e. The Morgan fingerprint density at radius 1 is 1.19 bits per heavy atom. The highest BCUT2D eigenvalue weighted by molar-refractivity contribution is 6.59. The fourth-order valence-electron chi connectivity index (χ4n) is 2.69. The topological polar surface area (TPSA) is 58.9 Å². The lowest BCUT2D eigenvalue weighted by molar-refractivity contribution is 0.275. The third-order valence-electron chi connectivity index (χ3n) is 3.90. The van der Waals surface area contributed by atoms with E-state index in [1.807, 2.05) is 12.1 Å². The van der Waals surface area contributed by atoms with Crippen molar-refractivity contribution in [2.45, 2.75) is 12.3 Å². The van der Waals surface area contributed by atoms with Crippen molar-refractivity contribution in [2.75, 3.05) is 13.7 Å². The van der Waals surface area contributed by atoms with E-state index in [0.717, 1.165) is 6.42 Å². The van der Waals surface area contributed by atoms with E-state index in [9.17, 15) is 10.0 Å². The van der Waals surface area contributed by atoms with Gasteiger partial charge in [-0.3, -0.25) is 0 Å². The quantitative estimate of drug-likeness (QED) is 0.807. The number of benzene rings is 2. The van der Waals surface area contributed by atoms with Gasteiger partial charge >= 0.3 is 7.12 Å². The molecule has 2 aromatic rings. The minimum absolute atomic E-state index is 0.321. The van der Waals surface area contributed by atoms with Crippen molar-refractivity contribution < 1.29 is 19.5 Å². The lowest BCUT2D eigenvalue weighted by Gasteiger charge is -2.30. The summed E-state index contributed by atoms with van der Waals surface area (Å²) in [6.45, 7) is 0.531. The summed E-state index contributed by atoms with van der Waals surface area (Å²) in [6.07, 6.45) is 1.00. The van der Waals surface area contributed by atoms with Crippen LogP contribution in [0.2, 0.25) is 0 Å². The molecular weight excluding hydrogens is 267 g/mol. The zero-order chi connectivity index (χ0) is 14.8. The Kier molecular flexibility index (Phi) is 3.86. The van der Waals surface area contributed by atoms with Crippen LogP contribution in [0, 0.1) is 0 Å². The first-order valence-corrected chi connectivity index (χ1v) is 6.93. The number of hydrogen-bond donors (Lipinski definition) is 2. The van der Waals surface area contributed by atoms with Gasteiger partial charge in [0.2, 0.25) is 0 Å². The number of fused-ring (bicyclic) bond motifs is 1. The summed E-state index contributed by atoms with van der Waals surface area (Å²) in [6, 6.07) is 13.3. The van der Waals surface area contributed by atoms with Gasteiger partial charge in [-0.1, -0.05) is 24.3 Å². The standard InChI is InChI=1S/C16H17BO4/c1-20-13-6-7-16(15(9-13)17(18)19)21-10-12-8-11-4-2-3-5-14(11)12/h2-7,9,12,18-19H,8,10H2,1H3. The van der Waals surface area contributed by atoms with Crippen molar-refractivity contribution in [1.82, 2.24) is 0 Å². The molecule has 1 aliphatic carbocycles. The predicted octanol–water partition coefficient (Wildman–Crippen LogP) is 1.09. The highest BCUT2D eigenvalue weighted by Gasteiger charge is 2.27. The average Bonchev–Trinajstić information content (AvgIpc) is 2.48. The van der Waals surface area contributed by atoms with Gasteiger partial charge in [-0.25, -0.2) is 0 Å². The molecule has 0 spiro atoms. The molecule has 4 nitrogen and oxygen atoms in total. The SMILES string of the molecule is COc1ccc(OCC2Cc3ccccc32)c(B(O)O)c1. The van der Waals surface area contributed by atoms with Gasteiger partial charge in [0.05, 0.1) is 13.7 Å². The van der Waals surface area contributed by atoms with E-state index in [0.29, 0.717) is 29.5 Å². The average molecular weight is 284 g/mol. The van der Waals surface area contributed by atoms with Gasteiger partial charge in [0, 0.05) is 11.4 Å². The third kappa shape index (κ3) is 2.75. The van der Waals surface area contributed by atoms with Crippen LogP contribution in [-0.4, -0.2) is 30.9 Å². The van der Waals surface area contributed by atoms with Crippen molar-refractivity contribution in [2.24, 2.45) is 0 Å². The van der Waals surface area contributed by atoms with E-state index in [1.165, 1.54) is 18.2 Å². The van der Waals surface area contributed by atoms with E-state index >= 15 is 0 Å². The molecule has 2 aromatic carbocycles. The van der Waals surface area contributed by atoms with Crippen LogP contribution < -0.4 is 14.9 Å². The van der Waals surface area contributed by atoms with Crippen LogP contribution in [0.5, 0.6) is 11.5 Å². The van der Waals surface area contributed by atoms with Crippen molar-refractivity contribution in [3.8, 4) is 11.5 Å². The summed E-state index contributed by atoms with van der Waals surface area (Å²) in [5, 5.41) is 18.9. The second-order valence-corrected chi connectivity index (χ2v) is 5.19. The number of methoxy groups -OCH3 is 1. The fraction of sp³-hybridized carbons (Fsp3) is 0.250. The molecule has 1 aliphatic rings. The summed E-state index contributed by atoms with van der Waals surface area (Å²) < 4.78 is 10.9. The highest BCUT2D eigenvalue weighted by atomic mass is 16.5. The van der Waals surface area contributed by atoms with E-state index < -0.39 is 7.12 Å². The van der Waals surface area contributed by atoms with Crippen molar-refractivity contribution in [3.63, 3.8) is 0 Å². The summed E-state index contributed by atoms with van der Waals surface area (Å²) >= 11 is 0. The van der Waals surface area contributed by atoms with Gasteiger partial charge in [-0.2, -0.15) is 0 Å². The molecule has 1 atom stereocenters. The summed E-state index contributed by atoms with van der Waals surface area (Å²) in [4.78, 5) is 0. The van der Waals surface area contributed by atoms with Crippen molar-refractivity contribution in [1.29, 1.82) is 0 Å². The zero-order valence-electron chi connectivity index (χ0n) is 11.8. The molecule has 0 fully saturated rings. The van der Waals surface area contributed by atoms with E-state index in [-0.39, 0.29) is 0 Å². The van der Waals surface area contributed by atoms with E-state index in [4.69, 9.17) is 9.47 Å². The van der Waals surface area contributed by atoms with E-state index in [1.54, 1.807) is 18.2 Å². The second kappa shape index (κ2) is 5.80. The Bertz CT molecular complexity index is 642. The molecule has 0 aromatic heterocycles. The van der Waals surface area contributed by atoms with Crippen LogP contribution in [-0.2, 0) is 6.42 Å². The summed E-state index contributed by atoms with van der Waals surface area (Å²) in [5.74, 6) is 1.42. The van der Waals surface area contributed by atoms with E-state index in [2.05, 4.69) is 12.1 Å². The lowest BCUT2D eigenvalue weighted by atomic mass is 9.78. The van der Waals surface area contributed by atoms with Gasteiger partial charge in [0.1, 0.15) is 11.5 Å². The van der Waals surface area contributed by atoms with Gasteiger partial charge in [-0.05, 0) is 35.7 Å². The normalized spacial score (nSPS) is 15.9. The van der Waals surface area contributed by atoms with Crippen molar-refractivity contribution in [3.05, 3.63) is 53.6 Å². The number of rotatable bonds is 5. The first-order valence-electron chi connectivity index (χ1n) is 6.93. The minimum atomic E-state index is -1.58. The molecule has 0 saturated heterocycles. The smallest absolute Gasteiger partial charge is 0.492 e. The molecule has 1 unspecified atom stereocenters. The van der Waals surface area contributed by atoms with Crippen LogP contribution in [0.1, 0.15) is 17.0 Å². The maximum absolute atomic E-state index is 9.44. The molecule has 0 aliphatic heterocycles. The number of ether oxygens (including phenoxy) is 2. The number of hydrogen-bond acceptors (Lipinski definition) is 4. The molecule has 0 heterocycles. The molecule has 0 amide bonds. The molecule has 3 rings (SSSR count). The van der Waals surface area contributed by atoms with Crippen LogP contribution in [0.25, 0.3) is 0 Å². The monoisotopic (exact) mass is 284 g/mol. The van der Waals surface area contributed by atoms with Crippen molar-refractivity contribution >= 4 is 12.6 Å². The highest BCUT2D eigenvalue weighted by Crippen LogP contribution is 2.35. The van der Waals surface area contributed by atoms with Gasteiger partial charge in [0.25, 0.3) is 0 Å². The largest absolute Gasteiger partial charge is 0.497 e. The first kappa shape index (κ1) is 14.0. The van der Waals surface area contributed by atoms with Gasteiger partial charge in [0.15, 0.2) is 0 Å². The molecule has 5 heteroatoms.